The van der Waals surface area contributed by atoms with Crippen LogP contribution >= 0.6 is 23.1 Å². The number of hydrogen-bond acceptors (Lipinski definition) is 6. The molecule has 1 saturated carbocycles. The van der Waals surface area contributed by atoms with Crippen LogP contribution in [0.3, 0.4) is 0 Å². The molecular formula is C13H17N3O2S2. The predicted octanol–water partition coefficient (Wildman–Crippen LogP) is 2.56. The molecule has 2 N–H and O–H groups in total. The van der Waals surface area contributed by atoms with E-state index in [0.717, 1.165) is 35.6 Å². The fourth-order valence-electron chi connectivity index (χ4n) is 2.33. The van der Waals surface area contributed by atoms with Crippen molar-refractivity contribution in [3.8, 4) is 6.07 Å². The highest BCUT2D eigenvalue weighted by molar-refractivity contribution is 8.01. The van der Waals surface area contributed by atoms with Crippen molar-refractivity contribution in [3.63, 3.8) is 0 Å². The molecule has 0 spiro atoms. The minimum Gasteiger partial charge on any atom is -0.383 e. The molecule has 1 amide bonds. The van der Waals surface area contributed by atoms with Gasteiger partial charge in [-0.1, -0.05) is 35.9 Å². The first-order valence-corrected chi connectivity index (χ1v) is 8.38. The average molecular weight is 311 g/mol. The minimum absolute atomic E-state index is 0.0727. The Hall–Kier alpha value is -1.10. The number of rotatable bonds is 5. The van der Waals surface area contributed by atoms with Gasteiger partial charge in [0.25, 0.3) is 5.91 Å². The van der Waals surface area contributed by atoms with Gasteiger partial charge in [-0.3, -0.25) is 10.1 Å². The van der Waals surface area contributed by atoms with Gasteiger partial charge < -0.3 is 5.11 Å². The average Bonchev–Trinajstić information content (AvgIpc) is 3.05. The smallest absolute Gasteiger partial charge is 0.255 e. The molecular weight excluding hydrogens is 294 g/mol. The van der Waals surface area contributed by atoms with E-state index >= 15 is 0 Å². The van der Waals surface area contributed by atoms with E-state index in [1.807, 2.05) is 6.92 Å². The van der Waals surface area contributed by atoms with E-state index < -0.39 is 6.10 Å². The number of thioether (sulfide) groups is 1. The van der Waals surface area contributed by atoms with Crippen LogP contribution < -0.4 is 5.32 Å². The number of aromatic nitrogens is 1. The first kappa shape index (κ1) is 15.3. The molecule has 1 aliphatic rings. The molecule has 1 atom stereocenters. The number of nitrogens with one attached hydrogen (secondary N) is 1. The third-order valence-electron chi connectivity index (χ3n) is 3.37. The van der Waals surface area contributed by atoms with Crippen LogP contribution in [0.1, 0.15) is 31.4 Å². The lowest BCUT2D eigenvalue weighted by atomic mass is 10.0. The quantitative estimate of drug-likeness (QED) is 0.816. The van der Waals surface area contributed by atoms with Gasteiger partial charge in [0.05, 0.1) is 21.7 Å². The minimum atomic E-state index is -0.947. The second-order valence-electron chi connectivity index (χ2n) is 4.82. The van der Waals surface area contributed by atoms with Gasteiger partial charge in [0, 0.05) is 0 Å². The summed E-state index contributed by atoms with van der Waals surface area (Å²) in [6.45, 7) is 1.85. The molecule has 0 saturated heterocycles. The molecule has 0 unspecified atom stereocenters. The number of nitriles is 1. The Balaban J connectivity index is 1.95. The Labute approximate surface area is 126 Å². The number of aliphatic hydroxyl groups excluding tert-OH is 1. The largest absolute Gasteiger partial charge is 0.383 e. The summed E-state index contributed by atoms with van der Waals surface area (Å²) in [6, 6.07) is 2.06. The number of carbonyl (C=O) groups is 1. The van der Waals surface area contributed by atoms with Crippen LogP contribution in [0.2, 0.25) is 0 Å². The maximum Gasteiger partial charge on any atom is 0.255 e. The van der Waals surface area contributed by atoms with Crippen molar-refractivity contribution in [2.24, 2.45) is 5.92 Å². The Morgan fingerprint density at radius 2 is 2.35 bits per heavy atom. The summed E-state index contributed by atoms with van der Waals surface area (Å²) in [5, 5.41) is 21.8. The third kappa shape index (κ3) is 3.72. The highest BCUT2D eigenvalue weighted by Gasteiger charge is 2.29. The molecule has 5 nitrogen and oxygen atoms in total. The van der Waals surface area contributed by atoms with Gasteiger partial charge in [0.15, 0.2) is 5.13 Å². The number of hydrogen-bond donors (Lipinski definition) is 2. The standard InChI is InChI=1S/C13H17N3O2S2/c1-8-12(19-7-6-14)20-13(15-8)16-11(18)10(17)9-4-2-3-5-9/h9-10,17H,2-5,7H2,1H3,(H,15,16,18)/t10-/m1/s1. The number of anilines is 1. The lowest BCUT2D eigenvalue weighted by Gasteiger charge is -2.15. The summed E-state index contributed by atoms with van der Waals surface area (Å²) in [5.74, 6) is 0.0622. The molecule has 1 fully saturated rings. The molecule has 0 aromatic carbocycles. The van der Waals surface area contributed by atoms with E-state index in [2.05, 4.69) is 16.4 Å². The van der Waals surface area contributed by atoms with Crippen molar-refractivity contribution in [1.82, 2.24) is 4.98 Å². The van der Waals surface area contributed by atoms with Crippen molar-refractivity contribution in [2.75, 3.05) is 11.1 Å². The van der Waals surface area contributed by atoms with Gasteiger partial charge in [-0.2, -0.15) is 5.26 Å². The SMILES string of the molecule is Cc1nc(NC(=O)[C@H](O)C2CCCC2)sc1SCC#N. The lowest BCUT2D eigenvalue weighted by Crippen LogP contribution is -2.33. The number of thiazole rings is 1. The molecule has 2 rings (SSSR count). The van der Waals surface area contributed by atoms with Gasteiger partial charge in [-0.05, 0) is 25.7 Å². The Kier molecular flexibility index (Phi) is 5.40. The number of aryl methyl sites for hydroxylation is 1. The Morgan fingerprint density at radius 3 is 3.00 bits per heavy atom. The van der Waals surface area contributed by atoms with E-state index in [9.17, 15) is 9.90 Å². The number of amides is 1. The number of nitrogens with zero attached hydrogens (tertiary/aromatic N) is 2. The van der Waals surface area contributed by atoms with E-state index in [1.54, 1.807) is 0 Å². The predicted molar refractivity (Wildman–Crippen MR) is 79.8 cm³/mol. The van der Waals surface area contributed by atoms with E-state index in [4.69, 9.17) is 5.26 Å². The summed E-state index contributed by atoms with van der Waals surface area (Å²) in [6.07, 6.45) is 3.04. The zero-order chi connectivity index (χ0) is 14.5. The number of carbonyl (C=O) groups excluding carboxylic acids is 1. The normalized spacial score (nSPS) is 16.9. The van der Waals surface area contributed by atoms with Gasteiger partial charge in [0.1, 0.15) is 6.10 Å². The molecule has 108 valence electrons. The zero-order valence-corrected chi connectivity index (χ0v) is 12.9. The molecule has 7 heteroatoms. The number of aliphatic hydroxyl groups is 1. The van der Waals surface area contributed by atoms with Gasteiger partial charge in [-0.15, -0.1) is 0 Å². The van der Waals surface area contributed by atoms with Crippen LogP contribution in [0.5, 0.6) is 0 Å². The second-order valence-corrected chi connectivity index (χ2v) is 7.06. The van der Waals surface area contributed by atoms with E-state index in [1.165, 1.54) is 23.1 Å². The molecule has 0 aliphatic heterocycles. The maximum absolute atomic E-state index is 12.0. The van der Waals surface area contributed by atoms with Crippen LogP contribution in [0, 0.1) is 24.2 Å². The maximum atomic E-state index is 12.0. The molecule has 1 aromatic rings. The summed E-state index contributed by atoms with van der Waals surface area (Å²) in [4.78, 5) is 16.2. The fourth-order valence-corrected chi connectivity index (χ4v) is 4.14. The first-order chi connectivity index (χ1) is 9.61. The second kappa shape index (κ2) is 7.07. The van der Waals surface area contributed by atoms with Crippen LogP contribution in [0.25, 0.3) is 0 Å². The summed E-state index contributed by atoms with van der Waals surface area (Å²) < 4.78 is 0.928. The van der Waals surface area contributed by atoms with Crippen molar-refractivity contribution in [2.45, 2.75) is 42.9 Å². The molecule has 0 radical (unpaired) electrons. The first-order valence-electron chi connectivity index (χ1n) is 6.58. The molecule has 1 heterocycles. The molecule has 0 bridgehead atoms. The summed E-state index contributed by atoms with van der Waals surface area (Å²) >= 11 is 2.76. The van der Waals surface area contributed by atoms with Gasteiger partial charge >= 0.3 is 0 Å². The van der Waals surface area contributed by atoms with Crippen LogP contribution in [0.4, 0.5) is 5.13 Å². The Bertz CT molecular complexity index is 518. The van der Waals surface area contributed by atoms with Crippen molar-refractivity contribution in [3.05, 3.63) is 5.69 Å². The van der Waals surface area contributed by atoms with Gasteiger partial charge in [-0.25, -0.2) is 4.98 Å². The molecule has 20 heavy (non-hydrogen) atoms. The summed E-state index contributed by atoms with van der Waals surface area (Å²) in [7, 11) is 0. The van der Waals surface area contributed by atoms with Crippen LogP contribution in [-0.2, 0) is 4.79 Å². The highest BCUT2D eigenvalue weighted by atomic mass is 32.2. The van der Waals surface area contributed by atoms with E-state index in [-0.39, 0.29) is 11.8 Å². The van der Waals surface area contributed by atoms with Crippen LogP contribution in [-0.4, -0.2) is 27.9 Å². The van der Waals surface area contributed by atoms with Crippen molar-refractivity contribution in [1.29, 1.82) is 5.26 Å². The van der Waals surface area contributed by atoms with Gasteiger partial charge in [0.2, 0.25) is 0 Å². The van der Waals surface area contributed by atoms with E-state index in [0.29, 0.717) is 10.9 Å². The van der Waals surface area contributed by atoms with Crippen molar-refractivity contribution < 1.29 is 9.90 Å². The Morgan fingerprint density at radius 1 is 1.65 bits per heavy atom. The zero-order valence-electron chi connectivity index (χ0n) is 11.3. The monoisotopic (exact) mass is 311 g/mol. The third-order valence-corrected chi connectivity index (χ3v) is 5.67. The topological polar surface area (TPSA) is 86.0 Å². The van der Waals surface area contributed by atoms with Crippen molar-refractivity contribution >= 4 is 34.1 Å². The van der Waals surface area contributed by atoms with Crippen LogP contribution in [0.15, 0.2) is 4.21 Å². The summed E-state index contributed by atoms with van der Waals surface area (Å²) in [5.41, 5.74) is 0.806. The highest BCUT2D eigenvalue weighted by Crippen LogP contribution is 2.32. The molecule has 1 aliphatic carbocycles. The molecule has 1 aromatic heterocycles. The lowest BCUT2D eigenvalue weighted by molar-refractivity contribution is -0.126. The fraction of sp³-hybridized carbons (Fsp3) is 0.615.